The second-order valence-electron chi connectivity index (χ2n) is 5.65. The number of para-hydroxylation sites is 1. The molecule has 8 heteroatoms. The molecule has 0 radical (unpaired) electrons. The summed E-state index contributed by atoms with van der Waals surface area (Å²) in [5, 5.41) is 0.783. The van der Waals surface area contributed by atoms with Crippen LogP contribution in [0.5, 0.6) is 0 Å². The highest BCUT2D eigenvalue weighted by Crippen LogP contribution is 2.19. The summed E-state index contributed by atoms with van der Waals surface area (Å²) >= 11 is 10.4. The highest BCUT2D eigenvalue weighted by atomic mass is 32.1. The van der Waals surface area contributed by atoms with E-state index in [2.05, 4.69) is 54.0 Å². The minimum absolute atomic E-state index is 0.478. The van der Waals surface area contributed by atoms with Crippen LogP contribution in [0.25, 0.3) is 11.0 Å². The Hall–Kier alpha value is -2.32. The number of benzene rings is 1. The van der Waals surface area contributed by atoms with Crippen molar-refractivity contribution in [2.45, 2.75) is 0 Å². The van der Waals surface area contributed by atoms with Gasteiger partial charge in [0.25, 0.3) is 0 Å². The Morgan fingerprint density at radius 2 is 1.62 bits per heavy atom. The first kappa shape index (κ1) is 15.2. The molecular weight excluding hydrogens is 340 g/mol. The van der Waals surface area contributed by atoms with Gasteiger partial charge in [0, 0.05) is 38.1 Å². The number of aromatic amines is 2. The van der Waals surface area contributed by atoms with Crippen molar-refractivity contribution in [2.75, 3.05) is 36.0 Å². The molecule has 3 aromatic rings. The Morgan fingerprint density at radius 3 is 2.38 bits per heavy atom. The Bertz CT molecular complexity index is 973. The number of nitrogens with zero attached hydrogens (tertiary/aromatic N) is 4. The van der Waals surface area contributed by atoms with E-state index in [1.807, 2.05) is 6.07 Å². The van der Waals surface area contributed by atoms with Gasteiger partial charge in [0.1, 0.15) is 10.3 Å². The average Bonchev–Trinajstić information content (AvgIpc) is 2.62. The van der Waals surface area contributed by atoms with Gasteiger partial charge in [-0.1, -0.05) is 30.4 Å². The van der Waals surface area contributed by atoms with E-state index in [-0.39, 0.29) is 0 Å². The second kappa shape index (κ2) is 6.29. The zero-order chi connectivity index (χ0) is 16.5. The summed E-state index contributed by atoms with van der Waals surface area (Å²) in [5.41, 5.74) is 1.94. The third kappa shape index (κ3) is 2.90. The monoisotopic (exact) mass is 356 g/mol. The molecular formula is C16H16N6S2. The summed E-state index contributed by atoms with van der Waals surface area (Å²) in [7, 11) is 0. The number of anilines is 2. The third-order valence-electron chi connectivity index (χ3n) is 4.16. The molecule has 0 aliphatic carbocycles. The molecule has 0 atom stereocenters. The van der Waals surface area contributed by atoms with Gasteiger partial charge in [0.05, 0.1) is 5.39 Å². The van der Waals surface area contributed by atoms with Crippen molar-refractivity contribution in [1.29, 1.82) is 0 Å². The van der Waals surface area contributed by atoms with E-state index in [1.54, 1.807) is 6.20 Å². The van der Waals surface area contributed by atoms with Gasteiger partial charge in [-0.05, 0) is 24.4 Å². The normalized spacial score (nSPS) is 15.0. The molecule has 1 fully saturated rings. The number of hydrogen-bond donors (Lipinski definition) is 2. The number of rotatable bonds is 2. The van der Waals surface area contributed by atoms with Crippen LogP contribution in [0.4, 0.5) is 11.6 Å². The fourth-order valence-corrected chi connectivity index (χ4v) is 3.41. The molecule has 0 spiro atoms. The van der Waals surface area contributed by atoms with E-state index in [1.165, 1.54) is 5.69 Å². The minimum atomic E-state index is 0.478. The van der Waals surface area contributed by atoms with Crippen molar-refractivity contribution in [3.05, 3.63) is 45.9 Å². The number of aromatic nitrogens is 4. The van der Waals surface area contributed by atoms with Crippen molar-refractivity contribution >= 4 is 47.1 Å². The predicted molar refractivity (Wildman–Crippen MR) is 101 cm³/mol. The Balaban J connectivity index is 1.56. The standard InChI is InChI=1S/C16H16N6S2/c23-14-12-10-17-15(18-13(12)19-16(24)20-14)22-8-6-21(7-9-22)11-4-2-1-3-5-11/h1-5,10H,6-9H2,(H2,17,18,19,20,23,24). The van der Waals surface area contributed by atoms with E-state index < -0.39 is 0 Å². The van der Waals surface area contributed by atoms with E-state index in [9.17, 15) is 0 Å². The molecule has 2 N–H and O–H groups in total. The number of H-pyrrole nitrogens is 2. The molecule has 4 rings (SSSR count). The molecule has 0 saturated carbocycles. The van der Waals surface area contributed by atoms with E-state index in [0.717, 1.165) is 31.6 Å². The van der Waals surface area contributed by atoms with Gasteiger partial charge in [-0.3, -0.25) is 0 Å². The van der Waals surface area contributed by atoms with Crippen LogP contribution in [0.15, 0.2) is 36.5 Å². The average molecular weight is 356 g/mol. The third-order valence-corrected chi connectivity index (χ3v) is 4.69. The van der Waals surface area contributed by atoms with Crippen LogP contribution >= 0.6 is 24.4 Å². The zero-order valence-corrected chi connectivity index (χ0v) is 14.5. The lowest BCUT2D eigenvalue weighted by molar-refractivity contribution is 0.641. The number of hydrogen-bond acceptors (Lipinski definition) is 6. The first-order valence-electron chi connectivity index (χ1n) is 7.75. The number of fused-ring (bicyclic) bond motifs is 1. The number of nitrogens with one attached hydrogen (secondary N) is 2. The molecule has 122 valence electrons. The molecule has 0 amide bonds. The van der Waals surface area contributed by atoms with Gasteiger partial charge in [0.2, 0.25) is 5.95 Å². The summed E-state index contributed by atoms with van der Waals surface area (Å²) < 4.78 is 1.04. The van der Waals surface area contributed by atoms with Crippen LogP contribution in [0.3, 0.4) is 0 Å². The summed E-state index contributed by atoms with van der Waals surface area (Å²) in [4.78, 5) is 19.6. The Kier molecular flexibility index (Phi) is 3.99. The molecule has 1 saturated heterocycles. The van der Waals surface area contributed by atoms with E-state index >= 15 is 0 Å². The SMILES string of the molecule is S=c1[nH]c(=S)c2cnc(N3CCN(c4ccccc4)CC3)nc2[nH]1. The smallest absolute Gasteiger partial charge is 0.227 e. The van der Waals surface area contributed by atoms with Crippen molar-refractivity contribution < 1.29 is 0 Å². The molecule has 6 nitrogen and oxygen atoms in total. The molecule has 0 bridgehead atoms. The van der Waals surface area contributed by atoms with Gasteiger partial charge in [-0.15, -0.1) is 0 Å². The van der Waals surface area contributed by atoms with Crippen molar-refractivity contribution in [2.24, 2.45) is 0 Å². The van der Waals surface area contributed by atoms with Crippen LogP contribution < -0.4 is 9.80 Å². The maximum atomic E-state index is 5.27. The van der Waals surface area contributed by atoms with Gasteiger partial charge in [-0.25, -0.2) is 4.98 Å². The molecule has 0 unspecified atom stereocenters. The highest BCUT2D eigenvalue weighted by Gasteiger charge is 2.19. The molecule has 24 heavy (non-hydrogen) atoms. The summed E-state index contributed by atoms with van der Waals surface area (Å²) in [5.74, 6) is 0.710. The van der Waals surface area contributed by atoms with Crippen molar-refractivity contribution in [3.63, 3.8) is 0 Å². The topological polar surface area (TPSA) is 63.8 Å². The van der Waals surface area contributed by atoms with E-state index in [4.69, 9.17) is 24.4 Å². The van der Waals surface area contributed by atoms with Gasteiger partial charge in [-0.2, -0.15) is 4.98 Å². The largest absolute Gasteiger partial charge is 0.368 e. The quantitative estimate of drug-likeness (QED) is 0.688. The summed E-state index contributed by atoms with van der Waals surface area (Å²) in [6.45, 7) is 3.63. The van der Waals surface area contributed by atoms with Gasteiger partial charge < -0.3 is 19.8 Å². The molecule has 2 aromatic heterocycles. The second-order valence-corrected chi connectivity index (χ2v) is 6.47. The van der Waals surface area contributed by atoms with Crippen LogP contribution in [0.1, 0.15) is 0 Å². The lowest BCUT2D eigenvalue weighted by atomic mass is 10.2. The maximum absolute atomic E-state index is 5.27. The molecule has 1 aliphatic heterocycles. The Labute approximate surface area is 149 Å². The van der Waals surface area contributed by atoms with Crippen LogP contribution in [0.2, 0.25) is 0 Å². The van der Waals surface area contributed by atoms with Gasteiger partial charge >= 0.3 is 0 Å². The van der Waals surface area contributed by atoms with Crippen LogP contribution in [0, 0.1) is 9.41 Å². The summed E-state index contributed by atoms with van der Waals surface area (Å²) in [6.07, 6.45) is 1.76. The zero-order valence-electron chi connectivity index (χ0n) is 12.9. The fourth-order valence-electron chi connectivity index (χ4n) is 2.90. The van der Waals surface area contributed by atoms with Gasteiger partial charge in [0.15, 0.2) is 4.77 Å². The minimum Gasteiger partial charge on any atom is -0.368 e. The highest BCUT2D eigenvalue weighted by molar-refractivity contribution is 7.72. The number of piperazine rings is 1. The van der Waals surface area contributed by atoms with E-state index in [0.29, 0.717) is 21.0 Å². The molecule has 1 aromatic carbocycles. The van der Waals surface area contributed by atoms with Crippen LogP contribution in [-0.2, 0) is 0 Å². The first-order chi connectivity index (χ1) is 11.7. The van der Waals surface area contributed by atoms with Crippen molar-refractivity contribution in [1.82, 2.24) is 19.9 Å². The molecule has 3 heterocycles. The fraction of sp³-hybridized carbons (Fsp3) is 0.250. The lowest BCUT2D eigenvalue weighted by Gasteiger charge is -2.36. The Morgan fingerprint density at radius 1 is 0.917 bits per heavy atom. The first-order valence-corrected chi connectivity index (χ1v) is 8.57. The predicted octanol–water partition coefficient (Wildman–Crippen LogP) is 3.07. The van der Waals surface area contributed by atoms with Crippen molar-refractivity contribution in [3.8, 4) is 0 Å². The lowest BCUT2D eigenvalue weighted by Crippen LogP contribution is -2.47. The van der Waals surface area contributed by atoms with Crippen LogP contribution in [-0.4, -0.2) is 46.1 Å². The molecule has 1 aliphatic rings. The maximum Gasteiger partial charge on any atom is 0.227 e. The summed E-state index contributed by atoms with van der Waals surface area (Å²) in [6, 6.07) is 10.5.